The summed E-state index contributed by atoms with van der Waals surface area (Å²) in [7, 11) is 11.3. The van der Waals surface area contributed by atoms with Gasteiger partial charge in [0.1, 0.15) is 39.2 Å². The molecule has 0 N–H and O–H groups in total. The van der Waals surface area contributed by atoms with Crippen molar-refractivity contribution >= 4 is 93.8 Å². The maximum Gasteiger partial charge on any atom is 0.139 e. The van der Waals surface area contributed by atoms with Gasteiger partial charge in [0.05, 0.1) is 5.71 Å². The molecule has 0 unspecified atom stereocenters. The van der Waals surface area contributed by atoms with Crippen molar-refractivity contribution in [2.24, 2.45) is 4.99 Å². The Balaban J connectivity index is 1.73. The number of hydrogen-bond donors (Lipinski definition) is 0. The van der Waals surface area contributed by atoms with Gasteiger partial charge in [-0.2, -0.15) is 0 Å². The van der Waals surface area contributed by atoms with Gasteiger partial charge in [0.15, 0.2) is 0 Å². The van der Waals surface area contributed by atoms with E-state index in [0.29, 0.717) is 0 Å². The molecule has 0 bridgehead atoms. The molecule has 0 fully saturated rings. The van der Waals surface area contributed by atoms with Crippen molar-refractivity contribution < 1.29 is 0 Å². The van der Waals surface area contributed by atoms with Crippen LogP contribution in [0.25, 0.3) is 5.57 Å². The fourth-order valence-corrected chi connectivity index (χ4v) is 5.82. The molecule has 7 heteroatoms. The standard InChI is InChI=1S/C27H31B5BrN/c1-15-12-18(22-23(28)25(30)27(32)26(31)24(22)29)14-34-21(13-15)17-7-5-6-16(10-11-17)19-8-3-2-4-9-20(19)33/h3,5-6,8,10-11,13-14H,2,4,7,9,12,28-32H2,1H3. The maximum absolute atomic E-state index is 5.04. The predicted octanol–water partition coefficient (Wildman–Crippen LogP) is -0.688. The largest absolute Gasteiger partial charge is 0.256 e. The van der Waals surface area contributed by atoms with Gasteiger partial charge in [0.2, 0.25) is 0 Å². The normalized spacial score (nSPS) is 18.8. The number of hydrogen-bond acceptors (Lipinski definition) is 1. The molecule has 1 aliphatic heterocycles. The third-order valence-electron chi connectivity index (χ3n) is 7.62. The Morgan fingerprint density at radius 1 is 0.853 bits per heavy atom. The summed E-state index contributed by atoms with van der Waals surface area (Å²) in [4.78, 5) is 5.04. The summed E-state index contributed by atoms with van der Waals surface area (Å²) in [5.74, 6) is 0. The zero-order valence-corrected chi connectivity index (χ0v) is 23.1. The summed E-state index contributed by atoms with van der Waals surface area (Å²) < 4.78 is 1.30. The lowest BCUT2D eigenvalue weighted by molar-refractivity contribution is 0.869. The van der Waals surface area contributed by atoms with E-state index in [1.807, 2.05) is 0 Å². The van der Waals surface area contributed by atoms with Gasteiger partial charge >= 0.3 is 0 Å². The molecule has 0 radical (unpaired) electrons. The molecule has 1 aromatic carbocycles. The number of rotatable bonds is 3. The first kappa shape index (κ1) is 25.0. The topological polar surface area (TPSA) is 12.4 Å². The highest BCUT2D eigenvalue weighted by molar-refractivity contribution is 9.11. The SMILES string of the molecule is Bc1c(B)c(B)c(C2=CN=C(C3=CC=C(C4=C(Br)CCCC=C4)C=CC3)C=C(C)C2)c(B)c1B. The van der Waals surface area contributed by atoms with Crippen LogP contribution in [0.2, 0.25) is 0 Å². The van der Waals surface area contributed by atoms with Crippen molar-refractivity contribution in [3.8, 4) is 0 Å². The summed E-state index contributed by atoms with van der Waals surface area (Å²) in [5.41, 5.74) is 16.0. The van der Waals surface area contributed by atoms with Crippen LogP contribution in [-0.4, -0.2) is 44.9 Å². The number of nitrogens with zero attached hydrogens (tertiary/aromatic N) is 1. The highest BCUT2D eigenvalue weighted by Crippen LogP contribution is 2.31. The van der Waals surface area contributed by atoms with E-state index in [9.17, 15) is 0 Å². The molecular formula is C27H31B5BrN. The van der Waals surface area contributed by atoms with E-state index < -0.39 is 0 Å². The van der Waals surface area contributed by atoms with Gasteiger partial charge < -0.3 is 0 Å². The second-order valence-electron chi connectivity index (χ2n) is 9.87. The Hall–Kier alpha value is -2.13. The minimum Gasteiger partial charge on any atom is -0.256 e. The van der Waals surface area contributed by atoms with Gasteiger partial charge in [0, 0.05) is 10.7 Å². The molecule has 0 saturated heterocycles. The second kappa shape index (κ2) is 10.6. The van der Waals surface area contributed by atoms with Crippen LogP contribution in [0, 0.1) is 0 Å². The Kier molecular flexibility index (Phi) is 7.82. The van der Waals surface area contributed by atoms with E-state index in [0.717, 1.165) is 31.4 Å². The van der Waals surface area contributed by atoms with Crippen molar-refractivity contribution in [1.82, 2.24) is 0 Å². The highest BCUT2D eigenvalue weighted by Gasteiger charge is 2.17. The molecule has 1 aromatic rings. The minimum atomic E-state index is 0.890. The predicted molar refractivity (Wildman–Crippen MR) is 170 cm³/mol. The van der Waals surface area contributed by atoms with E-state index in [-0.39, 0.29) is 0 Å². The van der Waals surface area contributed by atoms with Crippen molar-refractivity contribution in [2.75, 3.05) is 0 Å². The van der Waals surface area contributed by atoms with E-state index in [2.05, 4.69) is 111 Å². The number of halogens is 1. The lowest BCUT2D eigenvalue weighted by Crippen LogP contribution is -2.56. The zero-order valence-electron chi connectivity index (χ0n) is 21.5. The molecule has 4 rings (SSSR count). The van der Waals surface area contributed by atoms with Crippen molar-refractivity contribution in [3.05, 3.63) is 81.1 Å². The smallest absolute Gasteiger partial charge is 0.139 e. The lowest BCUT2D eigenvalue weighted by Gasteiger charge is -2.21. The van der Waals surface area contributed by atoms with Gasteiger partial charge in [-0.3, -0.25) is 4.99 Å². The van der Waals surface area contributed by atoms with Crippen LogP contribution in [0.15, 0.2) is 80.5 Å². The molecule has 1 nitrogen and oxygen atoms in total. The van der Waals surface area contributed by atoms with Crippen LogP contribution >= 0.6 is 15.9 Å². The molecule has 0 saturated carbocycles. The second-order valence-corrected chi connectivity index (χ2v) is 10.8. The molecule has 0 atom stereocenters. The number of benzene rings is 1. The van der Waals surface area contributed by atoms with E-state index in [1.54, 1.807) is 0 Å². The Morgan fingerprint density at radius 2 is 1.56 bits per heavy atom. The highest BCUT2D eigenvalue weighted by atomic mass is 79.9. The number of allylic oxidation sites excluding steroid dienone is 13. The Morgan fingerprint density at radius 3 is 2.29 bits per heavy atom. The van der Waals surface area contributed by atoms with Crippen molar-refractivity contribution in [1.29, 1.82) is 0 Å². The van der Waals surface area contributed by atoms with Crippen LogP contribution in [-0.2, 0) is 0 Å². The van der Waals surface area contributed by atoms with Gasteiger partial charge in [-0.1, -0.05) is 68.9 Å². The average molecular weight is 504 g/mol. The molecule has 0 aromatic heterocycles. The molecule has 1 heterocycles. The lowest BCUT2D eigenvalue weighted by atomic mass is 9.59. The fraction of sp³-hybridized carbons (Fsp3) is 0.222. The molecule has 2 aliphatic carbocycles. The van der Waals surface area contributed by atoms with Crippen LogP contribution in [0.4, 0.5) is 0 Å². The first-order chi connectivity index (χ1) is 16.3. The summed E-state index contributed by atoms with van der Waals surface area (Å²) in [6, 6.07) is 0. The van der Waals surface area contributed by atoms with E-state index in [1.165, 1.54) is 71.6 Å². The summed E-state index contributed by atoms with van der Waals surface area (Å²) in [5, 5.41) is 0. The zero-order chi connectivity index (χ0) is 24.4. The van der Waals surface area contributed by atoms with Crippen LogP contribution < -0.4 is 27.3 Å². The van der Waals surface area contributed by atoms with Crippen LogP contribution in [0.1, 0.15) is 44.6 Å². The monoisotopic (exact) mass is 503 g/mol. The Labute approximate surface area is 218 Å². The Bertz CT molecular complexity index is 1260. The molecule has 0 spiro atoms. The third kappa shape index (κ3) is 5.10. The molecule has 3 aliphatic rings. The van der Waals surface area contributed by atoms with Crippen molar-refractivity contribution in [2.45, 2.75) is 39.0 Å². The average Bonchev–Trinajstić information content (AvgIpc) is 3.26. The quantitative estimate of drug-likeness (QED) is 0.485. The third-order valence-corrected chi connectivity index (χ3v) is 8.44. The van der Waals surface area contributed by atoms with Crippen LogP contribution in [0.5, 0.6) is 0 Å². The van der Waals surface area contributed by atoms with E-state index in [4.69, 9.17) is 4.99 Å². The van der Waals surface area contributed by atoms with Gasteiger partial charge in [-0.05, 0) is 73.0 Å². The summed E-state index contributed by atoms with van der Waals surface area (Å²) >= 11 is 3.82. The van der Waals surface area contributed by atoms with Gasteiger partial charge in [-0.25, -0.2) is 0 Å². The first-order valence-electron chi connectivity index (χ1n) is 12.4. The summed E-state index contributed by atoms with van der Waals surface area (Å²) in [6.45, 7) is 2.24. The van der Waals surface area contributed by atoms with Crippen molar-refractivity contribution in [3.63, 3.8) is 0 Å². The fourth-order valence-electron chi connectivity index (χ4n) is 5.18. The van der Waals surface area contributed by atoms with E-state index >= 15 is 0 Å². The van der Waals surface area contributed by atoms with Crippen LogP contribution in [0.3, 0.4) is 0 Å². The molecule has 0 amide bonds. The van der Waals surface area contributed by atoms with Gasteiger partial charge in [-0.15, -0.1) is 16.4 Å². The maximum atomic E-state index is 5.04. The minimum absolute atomic E-state index is 0.890. The molecule has 34 heavy (non-hydrogen) atoms. The first-order valence-corrected chi connectivity index (χ1v) is 13.2. The molecule has 166 valence electrons. The van der Waals surface area contributed by atoms with Gasteiger partial charge in [0.25, 0.3) is 0 Å². The molecular weight excluding hydrogens is 472 g/mol. The number of aliphatic imine (C=N–C) groups is 1. The summed E-state index contributed by atoms with van der Waals surface area (Å²) in [6.07, 6.45) is 23.3.